The first kappa shape index (κ1) is 15.0. The Morgan fingerprint density at radius 2 is 2.09 bits per heavy atom. The lowest BCUT2D eigenvalue weighted by molar-refractivity contribution is 0.793. The molecular formula is C16H20ClN5. The van der Waals surface area contributed by atoms with Crippen LogP contribution in [-0.2, 0) is 19.4 Å². The van der Waals surface area contributed by atoms with Gasteiger partial charge in [-0.2, -0.15) is 4.98 Å². The smallest absolute Gasteiger partial charge is 0.223 e. The highest BCUT2D eigenvalue weighted by Crippen LogP contribution is 2.32. The van der Waals surface area contributed by atoms with Crippen LogP contribution in [0.15, 0.2) is 6.20 Å². The number of nitrogen functional groups attached to an aromatic ring is 1. The average molecular weight is 318 g/mol. The molecule has 0 atom stereocenters. The number of aromatic nitrogens is 3. The highest BCUT2D eigenvalue weighted by Gasteiger charge is 2.25. The van der Waals surface area contributed by atoms with Gasteiger partial charge >= 0.3 is 0 Å². The van der Waals surface area contributed by atoms with Gasteiger partial charge in [-0.3, -0.25) is 4.98 Å². The average Bonchev–Trinajstić information content (AvgIpc) is 2.86. The van der Waals surface area contributed by atoms with Crippen LogP contribution in [0.5, 0.6) is 0 Å². The van der Waals surface area contributed by atoms with E-state index in [2.05, 4.69) is 40.6 Å². The van der Waals surface area contributed by atoms with Crippen LogP contribution in [0.4, 0.5) is 11.8 Å². The van der Waals surface area contributed by atoms with E-state index < -0.39 is 0 Å². The second-order valence-electron chi connectivity index (χ2n) is 5.69. The first-order valence-electron chi connectivity index (χ1n) is 7.52. The zero-order valence-corrected chi connectivity index (χ0v) is 13.9. The molecule has 1 aliphatic heterocycles. The molecule has 5 nitrogen and oxygen atoms in total. The summed E-state index contributed by atoms with van der Waals surface area (Å²) < 4.78 is 0. The minimum Gasteiger partial charge on any atom is -0.368 e. The molecule has 0 fully saturated rings. The van der Waals surface area contributed by atoms with Crippen LogP contribution in [0.3, 0.4) is 0 Å². The maximum atomic E-state index is 6.17. The summed E-state index contributed by atoms with van der Waals surface area (Å²) in [5.74, 6) is 1.07. The van der Waals surface area contributed by atoms with Crippen molar-refractivity contribution in [3.05, 3.63) is 39.3 Å². The number of nitrogens with two attached hydrogens (primary N) is 1. The molecule has 0 unspecified atom stereocenters. The molecule has 0 saturated carbocycles. The van der Waals surface area contributed by atoms with E-state index in [4.69, 9.17) is 17.3 Å². The molecule has 22 heavy (non-hydrogen) atoms. The largest absolute Gasteiger partial charge is 0.368 e. The summed E-state index contributed by atoms with van der Waals surface area (Å²) in [6.45, 7) is 8.02. The van der Waals surface area contributed by atoms with Gasteiger partial charge in [-0.1, -0.05) is 18.5 Å². The molecule has 0 saturated heterocycles. The molecule has 2 aromatic rings. The second kappa shape index (κ2) is 5.72. The first-order chi connectivity index (χ1) is 10.5. The van der Waals surface area contributed by atoms with E-state index in [0.717, 1.165) is 43.0 Å². The summed E-state index contributed by atoms with van der Waals surface area (Å²) in [5.41, 5.74) is 11.7. The highest BCUT2D eigenvalue weighted by atomic mass is 35.5. The zero-order valence-electron chi connectivity index (χ0n) is 13.1. The van der Waals surface area contributed by atoms with Crippen LogP contribution in [0.2, 0.25) is 5.15 Å². The minimum atomic E-state index is 0.221. The summed E-state index contributed by atoms with van der Waals surface area (Å²) in [6, 6.07) is 0. The molecule has 0 aliphatic carbocycles. The molecule has 0 aromatic carbocycles. The maximum absolute atomic E-state index is 6.17. The fourth-order valence-corrected chi connectivity index (χ4v) is 3.41. The van der Waals surface area contributed by atoms with Gasteiger partial charge in [-0.05, 0) is 43.4 Å². The van der Waals surface area contributed by atoms with E-state index in [9.17, 15) is 0 Å². The standard InChI is InChI=1S/C16H20ClN5/c1-4-11-9(2)7-19-13(10(11)3)8-22-6-5-12-14(17)20-16(18)21-15(12)22/h7H,4-6,8H2,1-3H3,(H2,18,20,21). The SMILES string of the molecule is CCc1c(C)cnc(CN2CCc3c(Cl)nc(N)nc32)c1C. The van der Waals surface area contributed by atoms with E-state index in [1.807, 2.05) is 6.20 Å². The van der Waals surface area contributed by atoms with Crippen molar-refractivity contribution in [1.82, 2.24) is 15.0 Å². The Kier molecular flexibility index (Phi) is 3.91. The third-order valence-corrected chi connectivity index (χ3v) is 4.67. The van der Waals surface area contributed by atoms with Gasteiger partial charge in [-0.15, -0.1) is 0 Å². The van der Waals surface area contributed by atoms with Crippen LogP contribution >= 0.6 is 11.6 Å². The number of fused-ring (bicyclic) bond motifs is 1. The molecule has 0 spiro atoms. The summed E-state index contributed by atoms with van der Waals surface area (Å²) in [4.78, 5) is 15.2. The van der Waals surface area contributed by atoms with E-state index in [1.165, 1.54) is 16.7 Å². The Bertz CT molecular complexity index is 729. The number of rotatable bonds is 3. The van der Waals surface area contributed by atoms with Crippen molar-refractivity contribution in [2.45, 2.75) is 40.2 Å². The number of hydrogen-bond acceptors (Lipinski definition) is 5. The minimum absolute atomic E-state index is 0.221. The first-order valence-corrected chi connectivity index (χ1v) is 7.89. The molecule has 2 N–H and O–H groups in total. The Morgan fingerprint density at radius 1 is 1.32 bits per heavy atom. The van der Waals surface area contributed by atoms with Gasteiger partial charge in [0.2, 0.25) is 5.95 Å². The van der Waals surface area contributed by atoms with Crippen molar-refractivity contribution >= 4 is 23.4 Å². The van der Waals surface area contributed by atoms with Crippen molar-refractivity contribution in [2.24, 2.45) is 0 Å². The number of aryl methyl sites for hydroxylation is 1. The second-order valence-corrected chi connectivity index (χ2v) is 6.05. The molecule has 2 aromatic heterocycles. The van der Waals surface area contributed by atoms with Gasteiger partial charge < -0.3 is 10.6 Å². The van der Waals surface area contributed by atoms with E-state index in [0.29, 0.717) is 5.15 Å². The molecule has 0 amide bonds. The topological polar surface area (TPSA) is 67.9 Å². The third kappa shape index (κ3) is 2.50. The van der Waals surface area contributed by atoms with Gasteiger partial charge in [0.05, 0.1) is 12.2 Å². The molecule has 6 heteroatoms. The van der Waals surface area contributed by atoms with Crippen molar-refractivity contribution < 1.29 is 0 Å². The van der Waals surface area contributed by atoms with Crippen molar-refractivity contribution in [3.63, 3.8) is 0 Å². The Morgan fingerprint density at radius 3 is 2.82 bits per heavy atom. The van der Waals surface area contributed by atoms with Crippen molar-refractivity contribution in [1.29, 1.82) is 0 Å². The van der Waals surface area contributed by atoms with Gasteiger partial charge in [0, 0.05) is 18.3 Å². The fraction of sp³-hybridized carbons (Fsp3) is 0.438. The summed E-state index contributed by atoms with van der Waals surface area (Å²) in [6.07, 6.45) is 3.82. The number of anilines is 2. The van der Waals surface area contributed by atoms with E-state index in [-0.39, 0.29) is 5.95 Å². The van der Waals surface area contributed by atoms with Crippen molar-refractivity contribution in [3.8, 4) is 0 Å². The lowest BCUT2D eigenvalue weighted by Gasteiger charge is -2.20. The Hall–Kier alpha value is -1.88. The predicted molar refractivity (Wildman–Crippen MR) is 89.3 cm³/mol. The normalized spacial score (nSPS) is 13.5. The predicted octanol–water partition coefficient (Wildman–Crippen LogP) is 2.85. The number of halogens is 1. The molecule has 1 aliphatic rings. The van der Waals surface area contributed by atoms with Crippen LogP contribution in [0.25, 0.3) is 0 Å². The van der Waals surface area contributed by atoms with Gasteiger partial charge in [0.25, 0.3) is 0 Å². The molecular weight excluding hydrogens is 298 g/mol. The summed E-state index contributed by atoms with van der Waals surface area (Å²) >= 11 is 6.17. The molecule has 3 rings (SSSR count). The molecule has 116 valence electrons. The number of nitrogens with zero attached hydrogens (tertiary/aromatic N) is 4. The lowest BCUT2D eigenvalue weighted by atomic mass is 10.0. The number of hydrogen-bond donors (Lipinski definition) is 1. The summed E-state index contributed by atoms with van der Waals surface area (Å²) in [5, 5.41) is 0.466. The van der Waals surface area contributed by atoms with Crippen LogP contribution in [0.1, 0.15) is 34.9 Å². The molecule has 3 heterocycles. The summed E-state index contributed by atoms with van der Waals surface area (Å²) in [7, 11) is 0. The third-order valence-electron chi connectivity index (χ3n) is 4.35. The Labute approximate surface area is 135 Å². The fourth-order valence-electron chi connectivity index (χ4n) is 3.15. The highest BCUT2D eigenvalue weighted by molar-refractivity contribution is 6.30. The quantitative estimate of drug-likeness (QED) is 0.882. The van der Waals surface area contributed by atoms with Gasteiger partial charge in [0.1, 0.15) is 11.0 Å². The van der Waals surface area contributed by atoms with Crippen LogP contribution in [0, 0.1) is 13.8 Å². The number of pyridine rings is 1. The lowest BCUT2D eigenvalue weighted by Crippen LogP contribution is -2.22. The maximum Gasteiger partial charge on any atom is 0.223 e. The van der Waals surface area contributed by atoms with Crippen LogP contribution in [-0.4, -0.2) is 21.5 Å². The van der Waals surface area contributed by atoms with Gasteiger partial charge in [-0.25, -0.2) is 4.98 Å². The molecule has 0 bridgehead atoms. The van der Waals surface area contributed by atoms with Crippen molar-refractivity contribution in [2.75, 3.05) is 17.2 Å². The van der Waals surface area contributed by atoms with Gasteiger partial charge in [0.15, 0.2) is 0 Å². The monoisotopic (exact) mass is 317 g/mol. The van der Waals surface area contributed by atoms with E-state index in [1.54, 1.807) is 0 Å². The van der Waals surface area contributed by atoms with E-state index >= 15 is 0 Å². The zero-order chi connectivity index (χ0) is 15.9. The van der Waals surface area contributed by atoms with Crippen LogP contribution < -0.4 is 10.6 Å². The molecule has 0 radical (unpaired) electrons. The Balaban J connectivity index is 1.94.